The summed E-state index contributed by atoms with van der Waals surface area (Å²) in [5, 5.41) is 21.9. The lowest BCUT2D eigenvalue weighted by Crippen LogP contribution is -2.48. The van der Waals surface area contributed by atoms with Gasteiger partial charge in [-0.1, -0.05) is 37.3 Å². The number of alkyl halides is 4. The Hall–Kier alpha value is -1.97. The summed E-state index contributed by atoms with van der Waals surface area (Å²) in [7, 11) is 0. The Labute approximate surface area is 210 Å². The Morgan fingerprint density at radius 2 is 2.03 bits per heavy atom. The number of halogens is 4. The standard InChI is InChI=1S/C27H37F4NO4/c1-16-19(12-20(33)13-23(16)34)8-7-18-6-5-11-25(3)21(9-10-22(18)25)17(2)36-14-24(35)32-15-27(30,31)26(4,28)29/h7-9,17,20,22-23,33-34H,1,5-6,10-15H2,2-4H3,(H,32,35)/b18-7+,19-8-/t17-,20?,22?,23?,25+/m0/s1. The minimum Gasteiger partial charge on any atom is -0.393 e. The maximum atomic E-state index is 13.4. The third-order valence-electron chi connectivity index (χ3n) is 7.93. The molecule has 0 saturated heterocycles. The smallest absolute Gasteiger partial charge is 0.326 e. The van der Waals surface area contributed by atoms with E-state index in [9.17, 15) is 32.6 Å². The van der Waals surface area contributed by atoms with Crippen molar-refractivity contribution in [2.24, 2.45) is 11.3 Å². The molecule has 36 heavy (non-hydrogen) atoms. The minimum absolute atomic E-state index is 0.114. The number of aliphatic hydroxyl groups excluding tert-OH is 2. The van der Waals surface area contributed by atoms with E-state index in [0.717, 1.165) is 36.8 Å². The first-order chi connectivity index (χ1) is 16.7. The quantitative estimate of drug-likeness (QED) is 0.319. The van der Waals surface area contributed by atoms with Crippen molar-refractivity contribution in [3.05, 3.63) is 47.1 Å². The van der Waals surface area contributed by atoms with Crippen LogP contribution in [0.3, 0.4) is 0 Å². The van der Waals surface area contributed by atoms with Crippen molar-refractivity contribution in [3.8, 4) is 0 Å². The van der Waals surface area contributed by atoms with Crippen LogP contribution in [0.15, 0.2) is 47.1 Å². The first kappa shape index (κ1) is 28.6. The van der Waals surface area contributed by atoms with Crippen molar-refractivity contribution in [2.45, 2.75) is 89.5 Å². The number of aliphatic hydroxyl groups is 2. The van der Waals surface area contributed by atoms with Gasteiger partial charge in [0.15, 0.2) is 0 Å². The normalized spacial score (nSPS) is 32.4. The van der Waals surface area contributed by atoms with E-state index in [-0.39, 0.29) is 18.3 Å². The molecule has 9 heteroatoms. The van der Waals surface area contributed by atoms with Crippen molar-refractivity contribution >= 4 is 5.91 Å². The first-order valence-electron chi connectivity index (χ1n) is 12.4. The van der Waals surface area contributed by atoms with Crippen molar-refractivity contribution in [2.75, 3.05) is 13.2 Å². The average Bonchev–Trinajstić information content (AvgIpc) is 3.14. The van der Waals surface area contributed by atoms with E-state index in [4.69, 9.17) is 4.74 Å². The summed E-state index contributed by atoms with van der Waals surface area (Å²) in [6, 6.07) is 0. The van der Waals surface area contributed by atoms with Gasteiger partial charge in [-0.15, -0.1) is 0 Å². The van der Waals surface area contributed by atoms with E-state index < -0.39 is 49.2 Å². The maximum Gasteiger partial charge on any atom is 0.326 e. The van der Waals surface area contributed by atoms with Gasteiger partial charge in [-0.2, -0.15) is 8.78 Å². The highest BCUT2D eigenvalue weighted by atomic mass is 19.3. The number of carbonyl (C=O) groups is 1. The van der Waals surface area contributed by atoms with Gasteiger partial charge in [0.2, 0.25) is 5.91 Å². The summed E-state index contributed by atoms with van der Waals surface area (Å²) in [5.74, 6) is -9.23. The molecule has 3 N–H and O–H groups in total. The number of hydrogen-bond acceptors (Lipinski definition) is 4. The number of amides is 1. The molecule has 0 radical (unpaired) electrons. The van der Waals surface area contributed by atoms with Gasteiger partial charge in [0.1, 0.15) is 6.61 Å². The number of fused-ring (bicyclic) bond motifs is 1. The number of carbonyl (C=O) groups excluding carboxylic acids is 1. The molecule has 5 nitrogen and oxygen atoms in total. The van der Waals surface area contributed by atoms with Gasteiger partial charge in [-0.25, -0.2) is 8.78 Å². The van der Waals surface area contributed by atoms with Crippen LogP contribution in [0.25, 0.3) is 0 Å². The maximum absolute atomic E-state index is 13.4. The molecule has 3 rings (SSSR count). The van der Waals surface area contributed by atoms with Gasteiger partial charge < -0.3 is 20.3 Å². The highest BCUT2D eigenvalue weighted by Crippen LogP contribution is 2.55. The molecule has 0 spiro atoms. The van der Waals surface area contributed by atoms with E-state index in [0.29, 0.717) is 18.4 Å². The highest BCUT2D eigenvalue weighted by Gasteiger charge is 2.52. The van der Waals surface area contributed by atoms with E-state index in [1.165, 1.54) is 5.57 Å². The predicted molar refractivity (Wildman–Crippen MR) is 129 cm³/mol. The largest absolute Gasteiger partial charge is 0.393 e. The second-order valence-corrected chi connectivity index (χ2v) is 10.6. The van der Waals surface area contributed by atoms with Crippen LogP contribution in [0, 0.1) is 11.3 Å². The van der Waals surface area contributed by atoms with Gasteiger partial charge in [0.05, 0.1) is 24.9 Å². The van der Waals surface area contributed by atoms with Gasteiger partial charge in [-0.05, 0) is 67.1 Å². The Bertz CT molecular complexity index is 952. The summed E-state index contributed by atoms with van der Waals surface area (Å²) < 4.78 is 58.3. The number of nitrogens with one attached hydrogen (secondary N) is 1. The van der Waals surface area contributed by atoms with Crippen LogP contribution in [-0.4, -0.2) is 59.4 Å². The second kappa shape index (κ2) is 10.8. The molecule has 2 fully saturated rings. The van der Waals surface area contributed by atoms with E-state index >= 15 is 0 Å². The monoisotopic (exact) mass is 515 g/mol. The predicted octanol–water partition coefficient (Wildman–Crippen LogP) is 4.86. The number of allylic oxidation sites excluding steroid dienone is 4. The fourth-order valence-corrected chi connectivity index (χ4v) is 5.65. The summed E-state index contributed by atoms with van der Waals surface area (Å²) in [5.41, 5.74) is 3.59. The summed E-state index contributed by atoms with van der Waals surface area (Å²) >= 11 is 0. The molecule has 3 aliphatic carbocycles. The Kier molecular flexibility index (Phi) is 8.57. The number of ether oxygens (including phenoxy) is 1. The Balaban J connectivity index is 1.62. The molecule has 5 atom stereocenters. The van der Waals surface area contributed by atoms with Crippen LogP contribution in [0.1, 0.15) is 59.3 Å². The molecule has 202 valence electrons. The SMILES string of the molecule is C=C1/C(=C\C=C2/CCC[C@]3(C)C([C@H](C)OCC(=O)NCC(F)(F)C(C)(F)F)=CCC23)CC(O)CC1O. The summed E-state index contributed by atoms with van der Waals surface area (Å²) in [6.45, 7) is 6.08. The summed E-state index contributed by atoms with van der Waals surface area (Å²) in [6.07, 6.45) is 8.72. The fourth-order valence-electron chi connectivity index (χ4n) is 5.65. The zero-order valence-corrected chi connectivity index (χ0v) is 21.1. The molecule has 0 aromatic heterocycles. The molecular formula is C27H37F4NO4. The zero-order valence-electron chi connectivity index (χ0n) is 21.1. The summed E-state index contributed by atoms with van der Waals surface area (Å²) in [4.78, 5) is 12.0. The van der Waals surface area contributed by atoms with Gasteiger partial charge >= 0.3 is 11.8 Å². The average molecular weight is 516 g/mol. The topological polar surface area (TPSA) is 78.8 Å². The Morgan fingerprint density at radius 3 is 2.69 bits per heavy atom. The van der Waals surface area contributed by atoms with Gasteiger partial charge in [-0.3, -0.25) is 4.79 Å². The van der Waals surface area contributed by atoms with Crippen LogP contribution in [-0.2, 0) is 9.53 Å². The van der Waals surface area contributed by atoms with Gasteiger partial charge in [0, 0.05) is 13.3 Å². The molecule has 0 aromatic carbocycles. The third kappa shape index (κ3) is 6.11. The number of hydrogen-bond donors (Lipinski definition) is 3. The fraction of sp³-hybridized carbons (Fsp3) is 0.667. The van der Waals surface area contributed by atoms with Crippen molar-refractivity contribution in [3.63, 3.8) is 0 Å². The van der Waals surface area contributed by atoms with Crippen LogP contribution in [0.2, 0.25) is 0 Å². The molecule has 2 saturated carbocycles. The van der Waals surface area contributed by atoms with E-state index in [2.05, 4.69) is 25.7 Å². The number of rotatable bonds is 8. The molecular weight excluding hydrogens is 478 g/mol. The Morgan fingerprint density at radius 1 is 1.33 bits per heavy atom. The molecule has 0 bridgehead atoms. The first-order valence-corrected chi connectivity index (χ1v) is 12.4. The van der Waals surface area contributed by atoms with Crippen LogP contribution >= 0.6 is 0 Å². The van der Waals surface area contributed by atoms with Crippen molar-refractivity contribution in [1.82, 2.24) is 5.32 Å². The lowest BCUT2D eigenvalue weighted by molar-refractivity contribution is -0.194. The lowest BCUT2D eigenvalue weighted by atomic mass is 9.63. The second-order valence-electron chi connectivity index (χ2n) is 10.6. The zero-order chi connectivity index (χ0) is 26.9. The van der Waals surface area contributed by atoms with Gasteiger partial charge in [0.25, 0.3) is 0 Å². The molecule has 3 unspecified atom stereocenters. The van der Waals surface area contributed by atoms with Crippen molar-refractivity contribution in [1.29, 1.82) is 0 Å². The highest BCUT2D eigenvalue weighted by molar-refractivity contribution is 5.77. The van der Waals surface area contributed by atoms with E-state index in [1.807, 2.05) is 11.4 Å². The molecule has 1 amide bonds. The minimum atomic E-state index is -4.34. The van der Waals surface area contributed by atoms with Crippen LogP contribution in [0.4, 0.5) is 17.6 Å². The molecule has 3 aliphatic rings. The van der Waals surface area contributed by atoms with Crippen LogP contribution in [0.5, 0.6) is 0 Å². The molecule has 0 heterocycles. The lowest BCUT2D eigenvalue weighted by Gasteiger charge is -2.42. The molecule has 0 aromatic rings. The van der Waals surface area contributed by atoms with Crippen molar-refractivity contribution < 1.29 is 37.3 Å². The van der Waals surface area contributed by atoms with E-state index in [1.54, 1.807) is 6.92 Å². The third-order valence-corrected chi connectivity index (χ3v) is 7.93. The van der Waals surface area contributed by atoms with Crippen LogP contribution < -0.4 is 5.32 Å². The molecule has 0 aliphatic heterocycles.